The molecule has 1 heterocycles. The third-order valence-corrected chi connectivity index (χ3v) is 4.59. The van der Waals surface area contributed by atoms with Crippen molar-refractivity contribution in [3.8, 4) is 0 Å². The molecule has 0 radical (unpaired) electrons. The number of halogens is 1. The van der Waals surface area contributed by atoms with Gasteiger partial charge in [0.05, 0.1) is 12.5 Å². The molecule has 0 bridgehead atoms. The minimum atomic E-state index is -1.08. The van der Waals surface area contributed by atoms with Crippen LogP contribution in [0.2, 0.25) is 0 Å². The fraction of sp³-hybridized carbons (Fsp3) is 0.300. The van der Waals surface area contributed by atoms with Crippen LogP contribution < -0.4 is 5.32 Å². The molecule has 2 aromatic rings. The summed E-state index contributed by atoms with van der Waals surface area (Å²) >= 11 is 0. The lowest BCUT2D eigenvalue weighted by Gasteiger charge is -2.15. The smallest absolute Gasteiger partial charge is 0.312 e. The maximum Gasteiger partial charge on any atom is 0.312 e. The summed E-state index contributed by atoms with van der Waals surface area (Å²) in [5, 5.41) is 12.1. The summed E-state index contributed by atoms with van der Waals surface area (Å²) in [5.41, 5.74) is 1.97. The molecule has 1 aliphatic rings. The Morgan fingerprint density at radius 2 is 2.00 bits per heavy atom. The largest absolute Gasteiger partial charge is 0.481 e. The summed E-state index contributed by atoms with van der Waals surface area (Å²) in [6.45, 7) is 1.30. The van der Waals surface area contributed by atoms with Crippen LogP contribution in [0, 0.1) is 5.82 Å². The number of hydrogen-bond acceptors (Lipinski definition) is 3. The summed E-state index contributed by atoms with van der Waals surface area (Å²) < 4.78 is 18.4. The maximum absolute atomic E-state index is 13.0. The predicted octanol–water partition coefficient (Wildman–Crippen LogP) is 2.93. The molecule has 6 heteroatoms. The lowest BCUT2D eigenvalue weighted by molar-refractivity contribution is -0.138. The molecule has 26 heavy (non-hydrogen) atoms. The average Bonchev–Trinajstić information content (AvgIpc) is 3.18. The van der Waals surface area contributed by atoms with Crippen molar-refractivity contribution in [3.63, 3.8) is 0 Å². The zero-order valence-electron chi connectivity index (χ0n) is 14.2. The first-order valence-electron chi connectivity index (χ1n) is 8.49. The second-order valence-corrected chi connectivity index (χ2v) is 6.34. The quantitative estimate of drug-likeness (QED) is 0.833. The molecular formula is C20H20FNO4. The molecule has 1 saturated heterocycles. The molecule has 2 atom stereocenters. The zero-order chi connectivity index (χ0) is 18.5. The lowest BCUT2D eigenvalue weighted by Crippen LogP contribution is -2.31. The first-order valence-corrected chi connectivity index (χ1v) is 8.49. The number of carbonyl (C=O) groups excluding carboxylic acids is 1. The van der Waals surface area contributed by atoms with Gasteiger partial charge in [-0.15, -0.1) is 0 Å². The van der Waals surface area contributed by atoms with E-state index in [0.29, 0.717) is 17.7 Å². The second-order valence-electron chi connectivity index (χ2n) is 6.34. The Morgan fingerprint density at radius 1 is 1.23 bits per heavy atom. The van der Waals surface area contributed by atoms with E-state index in [2.05, 4.69) is 5.32 Å². The van der Waals surface area contributed by atoms with Crippen LogP contribution in [0.25, 0.3) is 0 Å². The van der Waals surface area contributed by atoms with Crippen molar-refractivity contribution in [3.05, 3.63) is 71.0 Å². The Morgan fingerprint density at radius 3 is 2.65 bits per heavy atom. The van der Waals surface area contributed by atoms with E-state index in [1.165, 1.54) is 24.3 Å². The van der Waals surface area contributed by atoms with E-state index in [9.17, 15) is 19.1 Å². The molecule has 0 aliphatic carbocycles. The van der Waals surface area contributed by atoms with E-state index in [-0.39, 0.29) is 18.4 Å². The Balaban J connectivity index is 1.67. The summed E-state index contributed by atoms with van der Waals surface area (Å²) in [6.07, 6.45) is 0.927. The standard InChI is InChI=1S/C20H20FNO4/c21-17-6-4-13(5-7-17)18(20(24)25)11-22-19(23)15-3-1-2-14(10-15)16-8-9-26-12-16/h1-7,10,16,18H,8-9,11-12H2,(H,22,23)(H,24,25). The molecular weight excluding hydrogens is 337 g/mol. The molecule has 2 N–H and O–H groups in total. The first-order chi connectivity index (χ1) is 12.5. The van der Waals surface area contributed by atoms with Crippen LogP contribution in [0.1, 0.15) is 39.7 Å². The van der Waals surface area contributed by atoms with E-state index in [1.807, 2.05) is 18.2 Å². The van der Waals surface area contributed by atoms with Gasteiger partial charge in [-0.2, -0.15) is 0 Å². The number of carboxylic acid groups (broad SMARTS) is 1. The third-order valence-electron chi connectivity index (χ3n) is 4.59. The van der Waals surface area contributed by atoms with Gasteiger partial charge in [0.2, 0.25) is 0 Å². The third kappa shape index (κ3) is 4.26. The fourth-order valence-electron chi connectivity index (χ4n) is 3.07. The van der Waals surface area contributed by atoms with Gasteiger partial charge in [0, 0.05) is 24.6 Å². The SMILES string of the molecule is O=C(NCC(C(=O)O)c1ccc(F)cc1)c1cccc(C2CCOC2)c1. The number of carbonyl (C=O) groups is 2. The number of carboxylic acids is 1. The monoisotopic (exact) mass is 357 g/mol. The number of rotatable bonds is 6. The van der Waals surface area contributed by atoms with Crippen LogP contribution in [-0.2, 0) is 9.53 Å². The molecule has 0 spiro atoms. The fourth-order valence-corrected chi connectivity index (χ4v) is 3.07. The van der Waals surface area contributed by atoms with E-state index in [4.69, 9.17) is 4.74 Å². The molecule has 0 saturated carbocycles. The predicted molar refractivity (Wildman–Crippen MR) is 93.7 cm³/mol. The summed E-state index contributed by atoms with van der Waals surface area (Å²) in [7, 11) is 0. The summed E-state index contributed by atoms with van der Waals surface area (Å²) in [6, 6.07) is 12.6. The first kappa shape index (κ1) is 18.1. The molecule has 2 unspecified atom stereocenters. The van der Waals surface area contributed by atoms with Crippen molar-refractivity contribution in [1.29, 1.82) is 0 Å². The minimum absolute atomic E-state index is 0.0729. The lowest BCUT2D eigenvalue weighted by atomic mass is 9.96. The van der Waals surface area contributed by atoms with Crippen LogP contribution in [0.5, 0.6) is 0 Å². The second kappa shape index (κ2) is 8.10. The molecule has 5 nitrogen and oxygen atoms in total. The van der Waals surface area contributed by atoms with Crippen LogP contribution in [-0.4, -0.2) is 36.7 Å². The van der Waals surface area contributed by atoms with Crippen LogP contribution in [0.4, 0.5) is 4.39 Å². The van der Waals surface area contributed by atoms with Gasteiger partial charge in [0.15, 0.2) is 0 Å². The molecule has 136 valence electrons. The number of benzene rings is 2. The Labute approximate surface area is 150 Å². The molecule has 1 amide bonds. The number of nitrogens with one attached hydrogen (secondary N) is 1. The van der Waals surface area contributed by atoms with Crippen LogP contribution >= 0.6 is 0 Å². The molecule has 1 fully saturated rings. The zero-order valence-corrected chi connectivity index (χ0v) is 14.2. The van der Waals surface area contributed by atoms with Gasteiger partial charge in [-0.3, -0.25) is 9.59 Å². The summed E-state index contributed by atoms with van der Waals surface area (Å²) in [5.74, 6) is -2.50. The normalized spacial score (nSPS) is 17.7. The van der Waals surface area contributed by atoms with Crippen molar-refractivity contribution in [2.24, 2.45) is 0 Å². The van der Waals surface area contributed by atoms with Crippen molar-refractivity contribution in [2.45, 2.75) is 18.3 Å². The minimum Gasteiger partial charge on any atom is -0.481 e. The molecule has 0 aromatic heterocycles. The van der Waals surface area contributed by atoms with Crippen LogP contribution in [0.3, 0.4) is 0 Å². The number of ether oxygens (including phenoxy) is 1. The van der Waals surface area contributed by atoms with Gasteiger partial charge in [0.1, 0.15) is 5.82 Å². The highest BCUT2D eigenvalue weighted by atomic mass is 19.1. The van der Waals surface area contributed by atoms with E-state index < -0.39 is 17.7 Å². The highest BCUT2D eigenvalue weighted by molar-refractivity contribution is 5.94. The highest BCUT2D eigenvalue weighted by Gasteiger charge is 2.22. The number of hydrogen-bond donors (Lipinski definition) is 2. The maximum atomic E-state index is 13.0. The van der Waals surface area contributed by atoms with Gasteiger partial charge in [-0.1, -0.05) is 24.3 Å². The van der Waals surface area contributed by atoms with Crippen molar-refractivity contribution >= 4 is 11.9 Å². The van der Waals surface area contributed by atoms with Gasteiger partial charge in [0.25, 0.3) is 5.91 Å². The number of amides is 1. The average molecular weight is 357 g/mol. The Hall–Kier alpha value is -2.73. The van der Waals surface area contributed by atoms with E-state index in [0.717, 1.165) is 18.6 Å². The topological polar surface area (TPSA) is 75.6 Å². The molecule has 3 rings (SSSR count). The highest BCUT2D eigenvalue weighted by Crippen LogP contribution is 2.25. The van der Waals surface area contributed by atoms with Gasteiger partial charge >= 0.3 is 5.97 Å². The Kier molecular flexibility index (Phi) is 5.63. The van der Waals surface area contributed by atoms with Crippen molar-refractivity contribution in [1.82, 2.24) is 5.32 Å². The van der Waals surface area contributed by atoms with Gasteiger partial charge in [-0.25, -0.2) is 4.39 Å². The van der Waals surface area contributed by atoms with Gasteiger partial charge in [-0.05, 0) is 41.8 Å². The Bertz CT molecular complexity index is 785. The van der Waals surface area contributed by atoms with E-state index in [1.54, 1.807) is 6.07 Å². The van der Waals surface area contributed by atoms with Crippen molar-refractivity contribution < 1.29 is 23.8 Å². The van der Waals surface area contributed by atoms with E-state index >= 15 is 0 Å². The number of aliphatic carboxylic acids is 1. The molecule has 2 aromatic carbocycles. The van der Waals surface area contributed by atoms with Crippen LogP contribution in [0.15, 0.2) is 48.5 Å². The van der Waals surface area contributed by atoms with Gasteiger partial charge < -0.3 is 15.2 Å². The molecule has 1 aliphatic heterocycles. The summed E-state index contributed by atoms with van der Waals surface area (Å²) in [4.78, 5) is 23.9. The van der Waals surface area contributed by atoms with Crippen molar-refractivity contribution in [2.75, 3.05) is 19.8 Å².